The summed E-state index contributed by atoms with van der Waals surface area (Å²) in [7, 11) is 0. The van der Waals surface area contributed by atoms with Crippen LogP contribution < -0.4 is 17.0 Å². The van der Waals surface area contributed by atoms with Crippen molar-refractivity contribution >= 4 is 5.97 Å². The van der Waals surface area contributed by atoms with Gasteiger partial charge in [0, 0.05) is 5.70 Å². The molecule has 0 aliphatic heterocycles. The highest BCUT2D eigenvalue weighted by molar-refractivity contribution is 5.86. The lowest BCUT2D eigenvalue weighted by molar-refractivity contribution is -0.133. The highest BCUT2D eigenvalue weighted by Crippen LogP contribution is 1.97. The molecule has 0 aliphatic carbocycles. The SMILES string of the molecule is CC/C(N)=C(/NN)C(=O)O. The third-order valence-corrected chi connectivity index (χ3v) is 1.06. The number of carboxylic acid groups (broad SMARTS) is 1. The molecule has 5 heteroatoms. The lowest BCUT2D eigenvalue weighted by Gasteiger charge is -2.03. The molecule has 0 unspecified atom stereocenters. The Hall–Kier alpha value is -1.23. The van der Waals surface area contributed by atoms with Crippen LogP contribution in [-0.2, 0) is 4.79 Å². The van der Waals surface area contributed by atoms with Crippen molar-refractivity contribution in [3.8, 4) is 0 Å². The van der Waals surface area contributed by atoms with Crippen LogP contribution in [0.1, 0.15) is 13.3 Å². The highest BCUT2D eigenvalue weighted by atomic mass is 16.4. The van der Waals surface area contributed by atoms with Crippen LogP contribution in [0.15, 0.2) is 11.4 Å². The quantitative estimate of drug-likeness (QED) is 0.234. The van der Waals surface area contributed by atoms with Gasteiger partial charge in [0.25, 0.3) is 0 Å². The molecular weight excluding hydrogens is 134 g/mol. The fraction of sp³-hybridized carbons (Fsp3) is 0.400. The second kappa shape index (κ2) is 3.73. The molecule has 0 aliphatic rings. The van der Waals surface area contributed by atoms with Gasteiger partial charge in [0.2, 0.25) is 0 Å². The van der Waals surface area contributed by atoms with E-state index in [9.17, 15) is 4.79 Å². The monoisotopic (exact) mass is 145 g/mol. The van der Waals surface area contributed by atoms with E-state index >= 15 is 0 Å². The molecule has 0 aromatic heterocycles. The molecule has 0 radical (unpaired) electrons. The van der Waals surface area contributed by atoms with Crippen LogP contribution in [0.4, 0.5) is 0 Å². The predicted octanol–water partition coefficient (Wildman–Crippen LogP) is -0.885. The van der Waals surface area contributed by atoms with Crippen LogP contribution in [-0.4, -0.2) is 11.1 Å². The van der Waals surface area contributed by atoms with Crippen LogP contribution in [0, 0.1) is 0 Å². The van der Waals surface area contributed by atoms with Crippen LogP contribution in [0.2, 0.25) is 0 Å². The van der Waals surface area contributed by atoms with Gasteiger partial charge in [0.1, 0.15) is 0 Å². The molecule has 0 heterocycles. The number of allylic oxidation sites excluding steroid dienone is 1. The number of nitrogens with two attached hydrogens (primary N) is 2. The average molecular weight is 145 g/mol. The van der Waals surface area contributed by atoms with Crippen LogP contribution >= 0.6 is 0 Å². The van der Waals surface area contributed by atoms with Crippen molar-refractivity contribution in [1.29, 1.82) is 0 Å². The second-order valence-corrected chi connectivity index (χ2v) is 1.70. The Balaban J connectivity index is 4.45. The summed E-state index contributed by atoms with van der Waals surface area (Å²) in [5.74, 6) is 3.74. The first-order valence-electron chi connectivity index (χ1n) is 2.82. The van der Waals surface area contributed by atoms with Crippen molar-refractivity contribution in [2.24, 2.45) is 11.6 Å². The summed E-state index contributed by atoms with van der Waals surface area (Å²) in [6.45, 7) is 1.75. The van der Waals surface area contributed by atoms with Crippen LogP contribution in [0.5, 0.6) is 0 Å². The predicted molar refractivity (Wildman–Crippen MR) is 36.5 cm³/mol. The van der Waals surface area contributed by atoms with E-state index < -0.39 is 5.97 Å². The Labute approximate surface area is 58.7 Å². The maximum absolute atomic E-state index is 10.3. The largest absolute Gasteiger partial charge is 0.476 e. The van der Waals surface area contributed by atoms with Gasteiger partial charge in [-0.2, -0.15) is 0 Å². The zero-order chi connectivity index (χ0) is 8.15. The molecule has 58 valence electrons. The lowest BCUT2D eigenvalue weighted by atomic mass is 10.3. The van der Waals surface area contributed by atoms with Crippen molar-refractivity contribution in [2.45, 2.75) is 13.3 Å². The fourth-order valence-electron chi connectivity index (χ4n) is 0.469. The van der Waals surface area contributed by atoms with Crippen molar-refractivity contribution in [3.63, 3.8) is 0 Å². The van der Waals surface area contributed by atoms with Crippen molar-refractivity contribution in [2.75, 3.05) is 0 Å². The Kier molecular flexibility index (Phi) is 3.27. The standard InChI is InChI=1S/C5H11N3O2/c1-2-3(6)4(8-7)5(9)10/h8H,2,6-7H2,1H3,(H,9,10)/b4-3-. The summed E-state index contributed by atoms with van der Waals surface area (Å²) in [6, 6.07) is 0. The van der Waals surface area contributed by atoms with Gasteiger partial charge in [-0.05, 0) is 6.42 Å². The van der Waals surface area contributed by atoms with E-state index in [0.717, 1.165) is 0 Å². The number of aliphatic carboxylic acids is 1. The average Bonchev–Trinajstić information content (AvgIpc) is 1.88. The van der Waals surface area contributed by atoms with Gasteiger partial charge in [-0.15, -0.1) is 0 Å². The maximum Gasteiger partial charge on any atom is 0.355 e. The number of hydrogen-bond acceptors (Lipinski definition) is 4. The van der Waals surface area contributed by atoms with E-state index in [2.05, 4.69) is 0 Å². The van der Waals surface area contributed by atoms with Gasteiger partial charge in [-0.1, -0.05) is 6.92 Å². The Bertz CT molecular complexity index is 164. The molecule has 0 bridgehead atoms. The van der Waals surface area contributed by atoms with Gasteiger partial charge in [-0.25, -0.2) is 4.79 Å². The molecule has 0 atom stereocenters. The van der Waals surface area contributed by atoms with E-state index in [0.29, 0.717) is 6.42 Å². The molecule has 6 N–H and O–H groups in total. The van der Waals surface area contributed by atoms with Crippen LogP contribution in [0.3, 0.4) is 0 Å². The Morgan fingerprint density at radius 3 is 2.30 bits per heavy atom. The zero-order valence-corrected chi connectivity index (χ0v) is 5.72. The summed E-state index contributed by atoms with van der Waals surface area (Å²) >= 11 is 0. The molecule has 0 aromatic rings. The van der Waals surface area contributed by atoms with E-state index in [4.69, 9.17) is 16.7 Å². The molecule has 10 heavy (non-hydrogen) atoms. The van der Waals surface area contributed by atoms with E-state index in [-0.39, 0.29) is 11.4 Å². The van der Waals surface area contributed by atoms with Crippen molar-refractivity contribution in [3.05, 3.63) is 11.4 Å². The smallest absolute Gasteiger partial charge is 0.355 e. The number of hydrogen-bond donors (Lipinski definition) is 4. The minimum absolute atomic E-state index is 0.137. The third-order valence-electron chi connectivity index (χ3n) is 1.06. The Morgan fingerprint density at radius 2 is 2.20 bits per heavy atom. The van der Waals surface area contributed by atoms with Crippen LogP contribution in [0.25, 0.3) is 0 Å². The second-order valence-electron chi connectivity index (χ2n) is 1.70. The zero-order valence-electron chi connectivity index (χ0n) is 5.72. The van der Waals surface area contributed by atoms with E-state index in [1.165, 1.54) is 0 Å². The van der Waals surface area contributed by atoms with E-state index in [1.54, 1.807) is 6.92 Å². The minimum atomic E-state index is -1.14. The minimum Gasteiger partial charge on any atom is -0.476 e. The first kappa shape index (κ1) is 8.77. The number of nitrogens with one attached hydrogen (secondary N) is 1. The number of rotatable bonds is 3. The summed E-state index contributed by atoms with van der Waals surface area (Å²) in [4.78, 5) is 10.3. The van der Waals surface area contributed by atoms with Gasteiger partial charge < -0.3 is 16.3 Å². The highest BCUT2D eigenvalue weighted by Gasteiger charge is 2.07. The summed E-state index contributed by atoms with van der Waals surface area (Å²) in [6.07, 6.45) is 0.464. The summed E-state index contributed by atoms with van der Waals surface area (Å²) in [5, 5.41) is 8.39. The fourth-order valence-corrected chi connectivity index (χ4v) is 0.469. The number of carboxylic acids is 1. The molecule has 0 fully saturated rings. The number of hydrazine groups is 1. The molecular formula is C5H11N3O2. The molecule has 0 saturated heterocycles. The van der Waals surface area contributed by atoms with Gasteiger partial charge >= 0.3 is 5.97 Å². The van der Waals surface area contributed by atoms with Gasteiger partial charge in [-0.3, -0.25) is 5.84 Å². The van der Waals surface area contributed by atoms with Crippen molar-refractivity contribution in [1.82, 2.24) is 5.43 Å². The molecule has 5 nitrogen and oxygen atoms in total. The maximum atomic E-state index is 10.3. The van der Waals surface area contributed by atoms with Crippen molar-refractivity contribution < 1.29 is 9.90 Å². The number of carbonyl (C=O) groups is 1. The normalized spacial score (nSPS) is 12.2. The summed E-state index contributed by atoms with van der Waals surface area (Å²) in [5.41, 5.74) is 7.40. The molecule has 0 aromatic carbocycles. The lowest BCUT2D eigenvalue weighted by Crippen LogP contribution is -2.29. The molecule has 0 saturated carbocycles. The topological polar surface area (TPSA) is 101 Å². The van der Waals surface area contributed by atoms with Gasteiger partial charge in [0.15, 0.2) is 5.70 Å². The first-order valence-corrected chi connectivity index (χ1v) is 2.82. The molecule has 0 rings (SSSR count). The molecule has 0 spiro atoms. The first-order chi connectivity index (χ1) is 4.63. The Morgan fingerprint density at radius 1 is 1.70 bits per heavy atom. The van der Waals surface area contributed by atoms with Gasteiger partial charge in [0.05, 0.1) is 0 Å². The summed E-state index contributed by atoms with van der Waals surface area (Å²) < 4.78 is 0. The molecule has 0 amide bonds. The third kappa shape index (κ3) is 1.94. The van der Waals surface area contributed by atoms with E-state index in [1.807, 2.05) is 5.43 Å².